The van der Waals surface area contributed by atoms with Gasteiger partial charge in [0.1, 0.15) is 0 Å². The zero-order valence-electron chi connectivity index (χ0n) is 29.7. The van der Waals surface area contributed by atoms with Crippen molar-refractivity contribution in [3.8, 4) is 0 Å². The fourth-order valence-electron chi connectivity index (χ4n) is 11.2. The molecule has 0 saturated heterocycles. The molecule has 5 aromatic rings. The van der Waals surface area contributed by atoms with Crippen LogP contribution in [0.5, 0.6) is 0 Å². The zero-order chi connectivity index (χ0) is 32.9. The lowest BCUT2D eigenvalue weighted by atomic mass is 9.33. The summed E-state index contributed by atoms with van der Waals surface area (Å²) in [5.74, 6) is 0. The van der Waals surface area contributed by atoms with Crippen LogP contribution in [0.2, 0.25) is 0 Å². The van der Waals surface area contributed by atoms with Crippen molar-refractivity contribution < 1.29 is 0 Å². The standard InChI is InChI=1S/C47H47BN2/c1-30-28-43-45-44(29-30)50(42-23-11-17-32-13-3-7-19-36(32)42)47-38-21-9-5-15-34(38)25-27-40(47)48(45)39-26-24-33-14-4-8-20-37(33)46(39)49(43)41-22-10-16-31-12-2-6-18-35(31)41/h10-11,16-17,22-29H,2-9,12-15,18-21H2,1H3. The minimum absolute atomic E-state index is 0.233. The third kappa shape index (κ3) is 4.22. The second kappa shape index (κ2) is 11.4. The number of rotatable bonds is 2. The third-order valence-corrected chi connectivity index (χ3v) is 13.4. The molecule has 4 aliphatic carbocycles. The monoisotopic (exact) mass is 650 g/mol. The molecular formula is C47H47BN2. The Morgan fingerprint density at radius 1 is 0.420 bits per heavy atom. The molecule has 0 saturated carbocycles. The Kier molecular flexibility index (Phi) is 6.72. The third-order valence-electron chi connectivity index (χ3n) is 13.4. The first-order chi connectivity index (χ1) is 24.7. The maximum absolute atomic E-state index is 2.80. The maximum atomic E-state index is 2.80. The van der Waals surface area contributed by atoms with Crippen molar-refractivity contribution >= 4 is 57.2 Å². The van der Waals surface area contributed by atoms with Gasteiger partial charge in [-0.3, -0.25) is 0 Å². The number of fused-ring (bicyclic) bond motifs is 10. The van der Waals surface area contributed by atoms with Crippen molar-refractivity contribution in [1.82, 2.24) is 0 Å². The van der Waals surface area contributed by atoms with Gasteiger partial charge in [0.05, 0.1) is 0 Å². The molecule has 0 unspecified atom stereocenters. The van der Waals surface area contributed by atoms with E-state index in [1.54, 1.807) is 44.5 Å². The zero-order valence-corrected chi connectivity index (χ0v) is 29.7. The van der Waals surface area contributed by atoms with Gasteiger partial charge in [-0.25, -0.2) is 0 Å². The first-order valence-electron chi connectivity index (χ1n) is 20.0. The molecule has 0 fully saturated rings. The van der Waals surface area contributed by atoms with Crippen LogP contribution in [0.1, 0.15) is 101 Å². The summed E-state index contributed by atoms with van der Waals surface area (Å²) in [6.07, 6.45) is 19.9. The normalized spacial score (nSPS) is 18.3. The fourth-order valence-corrected chi connectivity index (χ4v) is 11.2. The van der Waals surface area contributed by atoms with Crippen LogP contribution in [-0.4, -0.2) is 6.71 Å². The smallest absolute Gasteiger partial charge is 0.252 e. The Labute approximate surface area is 298 Å². The molecule has 3 heteroatoms. The van der Waals surface area contributed by atoms with Gasteiger partial charge < -0.3 is 9.80 Å². The van der Waals surface area contributed by atoms with Gasteiger partial charge >= 0.3 is 0 Å². The van der Waals surface area contributed by atoms with E-state index in [4.69, 9.17) is 0 Å². The van der Waals surface area contributed by atoms with Crippen LogP contribution in [0.25, 0.3) is 0 Å². The summed E-state index contributed by atoms with van der Waals surface area (Å²) in [6, 6.07) is 29.8. The first-order valence-corrected chi connectivity index (χ1v) is 20.0. The predicted molar refractivity (Wildman–Crippen MR) is 212 cm³/mol. The number of anilines is 6. The predicted octanol–water partition coefficient (Wildman–Crippen LogP) is 9.59. The highest BCUT2D eigenvalue weighted by molar-refractivity contribution is 7.00. The molecule has 0 N–H and O–H groups in total. The highest BCUT2D eigenvalue weighted by Gasteiger charge is 2.46. The Bertz CT molecular complexity index is 2080. The van der Waals surface area contributed by atoms with Crippen molar-refractivity contribution in [2.45, 2.75) is 110 Å². The molecule has 0 aromatic heterocycles. The molecule has 0 spiro atoms. The van der Waals surface area contributed by atoms with Crippen molar-refractivity contribution in [2.24, 2.45) is 0 Å². The van der Waals surface area contributed by atoms with E-state index in [0.29, 0.717) is 0 Å². The summed E-state index contributed by atoms with van der Waals surface area (Å²) in [6.45, 7) is 2.59. The van der Waals surface area contributed by atoms with Crippen LogP contribution in [0.3, 0.4) is 0 Å². The lowest BCUT2D eigenvalue weighted by molar-refractivity contribution is 0.682. The summed E-state index contributed by atoms with van der Waals surface area (Å²) in [5.41, 5.74) is 27.4. The van der Waals surface area contributed by atoms with E-state index in [-0.39, 0.29) is 6.71 Å². The second-order valence-corrected chi connectivity index (χ2v) is 16.3. The van der Waals surface area contributed by atoms with Crippen LogP contribution in [0, 0.1) is 6.92 Å². The van der Waals surface area contributed by atoms with Crippen molar-refractivity contribution in [3.05, 3.63) is 123 Å². The lowest BCUT2D eigenvalue weighted by Gasteiger charge is -2.47. The van der Waals surface area contributed by atoms with E-state index < -0.39 is 0 Å². The fraction of sp³-hybridized carbons (Fsp3) is 0.362. The van der Waals surface area contributed by atoms with Gasteiger partial charge in [0.15, 0.2) is 0 Å². The van der Waals surface area contributed by atoms with E-state index in [1.165, 1.54) is 159 Å². The molecule has 5 aromatic carbocycles. The molecule has 50 heavy (non-hydrogen) atoms. The Hall–Kier alpha value is -4.24. The number of hydrogen-bond acceptors (Lipinski definition) is 2. The topological polar surface area (TPSA) is 6.48 Å². The first kappa shape index (κ1) is 29.5. The van der Waals surface area contributed by atoms with Crippen LogP contribution in [-0.2, 0) is 51.4 Å². The van der Waals surface area contributed by atoms with Gasteiger partial charge in [-0.1, -0.05) is 48.5 Å². The summed E-state index contributed by atoms with van der Waals surface area (Å²) in [5, 5.41) is 0. The quantitative estimate of drug-likeness (QED) is 0.172. The van der Waals surface area contributed by atoms with Gasteiger partial charge in [-0.15, -0.1) is 0 Å². The molecule has 0 radical (unpaired) electrons. The van der Waals surface area contributed by atoms with Gasteiger partial charge in [0, 0.05) is 34.1 Å². The van der Waals surface area contributed by atoms with E-state index in [9.17, 15) is 0 Å². The summed E-state index contributed by atoms with van der Waals surface area (Å²) in [7, 11) is 0. The van der Waals surface area contributed by atoms with Gasteiger partial charge in [-0.2, -0.15) is 0 Å². The maximum Gasteiger partial charge on any atom is 0.252 e. The Morgan fingerprint density at radius 2 is 0.820 bits per heavy atom. The SMILES string of the molecule is Cc1cc2c3c(c1)N(c1cccc4c1CCCC4)c1c(ccc4c1CCCC4)B3c1ccc3c(c1N2c1cccc2c1CCCC2)CCCC3. The number of nitrogens with zero attached hydrogens (tertiary/aromatic N) is 2. The molecule has 248 valence electrons. The van der Waals surface area contributed by atoms with E-state index >= 15 is 0 Å². The van der Waals surface area contributed by atoms with E-state index in [2.05, 4.69) is 89.5 Å². The molecule has 11 rings (SSSR count). The average molecular weight is 651 g/mol. The Balaban J connectivity index is 1.26. The van der Waals surface area contributed by atoms with E-state index in [1.807, 2.05) is 0 Å². The minimum atomic E-state index is 0.233. The molecule has 2 heterocycles. The van der Waals surface area contributed by atoms with Crippen LogP contribution in [0.4, 0.5) is 34.1 Å². The summed E-state index contributed by atoms with van der Waals surface area (Å²) in [4.78, 5) is 5.60. The van der Waals surface area contributed by atoms with Crippen molar-refractivity contribution in [2.75, 3.05) is 9.80 Å². The average Bonchev–Trinajstić information content (AvgIpc) is 3.17. The molecule has 0 atom stereocenters. The molecular weight excluding hydrogens is 603 g/mol. The van der Waals surface area contributed by atoms with Crippen LogP contribution in [0.15, 0.2) is 72.8 Å². The van der Waals surface area contributed by atoms with Crippen molar-refractivity contribution in [1.29, 1.82) is 0 Å². The lowest BCUT2D eigenvalue weighted by Crippen LogP contribution is -2.62. The molecule has 2 aliphatic heterocycles. The molecule has 0 amide bonds. The second-order valence-electron chi connectivity index (χ2n) is 16.3. The highest BCUT2D eigenvalue weighted by atomic mass is 15.2. The van der Waals surface area contributed by atoms with Crippen LogP contribution >= 0.6 is 0 Å². The van der Waals surface area contributed by atoms with E-state index in [0.717, 1.165) is 0 Å². The highest BCUT2D eigenvalue weighted by Crippen LogP contribution is 2.50. The summed E-state index contributed by atoms with van der Waals surface area (Å²) >= 11 is 0. The van der Waals surface area contributed by atoms with Gasteiger partial charge in [0.25, 0.3) is 6.71 Å². The molecule has 2 nitrogen and oxygen atoms in total. The summed E-state index contributed by atoms with van der Waals surface area (Å²) < 4.78 is 0. The molecule has 6 aliphatic rings. The van der Waals surface area contributed by atoms with Crippen molar-refractivity contribution in [3.63, 3.8) is 0 Å². The van der Waals surface area contributed by atoms with Gasteiger partial charge in [-0.05, 0) is 200 Å². The van der Waals surface area contributed by atoms with Crippen LogP contribution < -0.4 is 26.2 Å². The number of hydrogen-bond donors (Lipinski definition) is 0. The van der Waals surface area contributed by atoms with Gasteiger partial charge in [0.2, 0.25) is 0 Å². The number of benzene rings is 5. The Morgan fingerprint density at radius 3 is 1.28 bits per heavy atom. The molecule has 0 bridgehead atoms. The largest absolute Gasteiger partial charge is 0.311 e. The number of aryl methyl sites for hydroxylation is 5. The minimum Gasteiger partial charge on any atom is -0.311 e.